The Morgan fingerprint density at radius 2 is 0.625 bits per heavy atom. The molecule has 0 saturated heterocycles. The van der Waals surface area contributed by atoms with Gasteiger partial charge in [-0.15, -0.1) is 0 Å². The van der Waals surface area contributed by atoms with Crippen LogP contribution in [0.5, 0.6) is 0 Å². The molecule has 2 aromatic heterocycles. The molecule has 0 spiro atoms. The largest absolute Gasteiger partial charge is 0.455 e. The fourth-order valence-electron chi connectivity index (χ4n) is 13.4. The zero-order valence-electron chi connectivity index (χ0n) is 44.8. The van der Waals surface area contributed by atoms with E-state index in [1.165, 1.54) is 87.5 Å². The van der Waals surface area contributed by atoms with E-state index < -0.39 is 0 Å². The summed E-state index contributed by atoms with van der Waals surface area (Å²) in [7, 11) is 0. The molecule has 0 radical (unpaired) electrons. The van der Waals surface area contributed by atoms with E-state index in [-0.39, 0.29) is 0 Å². The summed E-state index contributed by atoms with van der Waals surface area (Å²) in [4.78, 5) is 4.96. The normalized spacial score (nSPS) is 12.0. The lowest BCUT2D eigenvalue weighted by molar-refractivity contribution is 0.670. The molecule has 0 unspecified atom stereocenters. The molecule has 0 bridgehead atoms. The Labute approximate surface area is 462 Å². The Balaban J connectivity index is 0.843. The smallest absolute Gasteiger partial charge is 0.143 e. The highest BCUT2D eigenvalue weighted by molar-refractivity contribution is 6.29. The number of rotatable bonds is 8. The maximum Gasteiger partial charge on any atom is 0.143 e. The SMILES string of the molecule is Cc1cccc(C)c1N(c1ccc(-c2cccc3c2oc2ccc4ccccc4c23)cc1)c1ccc2ccc3c(N(c4ccc(-c5cccc6c5oc5ccc7ccccc7c56)cc4)c4c(C)cccc4C)ccc4ccc1c2c43. The predicted octanol–water partition coefficient (Wildman–Crippen LogP) is 22.2. The Bertz CT molecular complexity index is 4810. The van der Waals surface area contributed by atoms with E-state index in [9.17, 15) is 0 Å². The van der Waals surface area contributed by atoms with Gasteiger partial charge in [-0.25, -0.2) is 0 Å². The summed E-state index contributed by atoms with van der Waals surface area (Å²) >= 11 is 0. The van der Waals surface area contributed by atoms with E-state index in [2.05, 4.69) is 280 Å². The number of furan rings is 2. The van der Waals surface area contributed by atoms with Crippen LogP contribution in [0.1, 0.15) is 22.3 Å². The first-order valence-corrected chi connectivity index (χ1v) is 27.6. The Kier molecular flexibility index (Phi) is 10.2. The van der Waals surface area contributed by atoms with Crippen molar-refractivity contribution in [2.45, 2.75) is 27.7 Å². The van der Waals surface area contributed by atoms with Crippen LogP contribution in [0.3, 0.4) is 0 Å². The molecular formula is C76H52N2O2. The van der Waals surface area contributed by atoms with Gasteiger partial charge in [0, 0.05) is 54.8 Å². The average Bonchev–Trinajstić information content (AvgIpc) is 4.20. The van der Waals surface area contributed by atoms with Crippen LogP contribution in [0.15, 0.2) is 251 Å². The molecular weight excluding hydrogens is 973 g/mol. The highest BCUT2D eigenvalue weighted by atomic mass is 16.3. The highest BCUT2D eigenvalue weighted by Gasteiger charge is 2.26. The van der Waals surface area contributed by atoms with Gasteiger partial charge in [-0.2, -0.15) is 0 Å². The van der Waals surface area contributed by atoms with Crippen LogP contribution in [0, 0.1) is 27.7 Å². The fraction of sp³-hybridized carbons (Fsp3) is 0.0526. The number of para-hydroxylation sites is 4. The van der Waals surface area contributed by atoms with E-state index in [0.717, 1.165) is 88.9 Å². The third-order valence-corrected chi connectivity index (χ3v) is 17.1. The number of hydrogen-bond acceptors (Lipinski definition) is 4. The van der Waals surface area contributed by atoms with Gasteiger partial charge in [0.25, 0.3) is 0 Å². The second-order valence-electron chi connectivity index (χ2n) is 21.7. The number of nitrogens with zero attached hydrogens (tertiary/aromatic N) is 2. The van der Waals surface area contributed by atoms with Crippen LogP contribution < -0.4 is 9.80 Å². The molecule has 16 rings (SSSR count). The monoisotopic (exact) mass is 1020 g/mol. The Hall–Kier alpha value is -10.2. The van der Waals surface area contributed by atoms with Crippen molar-refractivity contribution in [1.82, 2.24) is 0 Å². The highest BCUT2D eigenvalue weighted by Crippen LogP contribution is 2.50. The molecule has 4 heteroatoms. The lowest BCUT2D eigenvalue weighted by atomic mass is 9.91. The van der Waals surface area contributed by atoms with Crippen LogP contribution >= 0.6 is 0 Å². The first kappa shape index (κ1) is 46.0. The van der Waals surface area contributed by atoms with Gasteiger partial charge in [0.2, 0.25) is 0 Å². The molecule has 16 aromatic rings. The van der Waals surface area contributed by atoms with Gasteiger partial charge in [-0.05, 0) is 153 Å². The first-order valence-electron chi connectivity index (χ1n) is 27.6. The van der Waals surface area contributed by atoms with E-state index in [0.29, 0.717) is 0 Å². The minimum Gasteiger partial charge on any atom is -0.455 e. The zero-order valence-corrected chi connectivity index (χ0v) is 44.8. The van der Waals surface area contributed by atoms with Crippen molar-refractivity contribution < 1.29 is 8.83 Å². The molecule has 14 aromatic carbocycles. The lowest BCUT2D eigenvalue weighted by Crippen LogP contribution is -2.14. The van der Waals surface area contributed by atoms with Gasteiger partial charge in [0.05, 0.1) is 22.7 Å². The second kappa shape index (κ2) is 17.7. The lowest BCUT2D eigenvalue weighted by Gasteiger charge is -2.32. The third-order valence-electron chi connectivity index (χ3n) is 17.1. The topological polar surface area (TPSA) is 32.8 Å². The van der Waals surface area contributed by atoms with E-state index in [1.54, 1.807) is 0 Å². The minimum atomic E-state index is 0.903. The molecule has 0 fully saturated rings. The number of fused-ring (bicyclic) bond motifs is 10. The number of benzene rings is 14. The molecule has 0 aliphatic carbocycles. The fourth-order valence-corrected chi connectivity index (χ4v) is 13.4. The molecule has 0 aliphatic rings. The summed E-state index contributed by atoms with van der Waals surface area (Å²) in [5.74, 6) is 0. The molecule has 0 aliphatic heterocycles. The Morgan fingerprint density at radius 3 is 1.05 bits per heavy atom. The molecule has 0 N–H and O–H groups in total. The quantitative estimate of drug-likeness (QED) is 0.142. The third kappa shape index (κ3) is 6.88. The Morgan fingerprint density at radius 1 is 0.263 bits per heavy atom. The van der Waals surface area contributed by atoms with Crippen molar-refractivity contribution in [3.05, 3.63) is 265 Å². The summed E-state index contributed by atoms with van der Waals surface area (Å²) in [5, 5.41) is 16.7. The maximum absolute atomic E-state index is 6.72. The summed E-state index contributed by atoms with van der Waals surface area (Å²) in [6, 6.07) is 88.7. The van der Waals surface area contributed by atoms with Crippen LogP contribution in [0.25, 0.3) is 120 Å². The van der Waals surface area contributed by atoms with E-state index >= 15 is 0 Å². The summed E-state index contributed by atoms with van der Waals surface area (Å²) in [6.07, 6.45) is 0. The number of aryl methyl sites for hydroxylation is 4. The van der Waals surface area contributed by atoms with Crippen molar-refractivity contribution in [3.63, 3.8) is 0 Å². The molecule has 80 heavy (non-hydrogen) atoms. The van der Waals surface area contributed by atoms with Crippen molar-refractivity contribution in [2.75, 3.05) is 9.80 Å². The van der Waals surface area contributed by atoms with Crippen LogP contribution in [0.4, 0.5) is 34.1 Å². The molecule has 378 valence electrons. The predicted molar refractivity (Wildman–Crippen MR) is 339 cm³/mol. The van der Waals surface area contributed by atoms with Crippen LogP contribution in [-0.4, -0.2) is 0 Å². The molecule has 0 atom stereocenters. The zero-order chi connectivity index (χ0) is 53.3. The average molecular weight is 1030 g/mol. The van der Waals surface area contributed by atoms with Gasteiger partial charge < -0.3 is 18.6 Å². The van der Waals surface area contributed by atoms with Gasteiger partial charge in [-0.1, -0.05) is 194 Å². The first-order chi connectivity index (χ1) is 39.3. The van der Waals surface area contributed by atoms with Gasteiger partial charge in [-0.3, -0.25) is 0 Å². The maximum atomic E-state index is 6.72. The number of anilines is 6. The van der Waals surface area contributed by atoms with Crippen LogP contribution in [0.2, 0.25) is 0 Å². The molecule has 4 nitrogen and oxygen atoms in total. The van der Waals surface area contributed by atoms with E-state index in [4.69, 9.17) is 8.83 Å². The standard InChI is InChI=1S/C76H52N2O2/c1-45-13-9-14-46(2)73(45)77(55-35-25-51(26-36-55)59-21-11-23-63-71-57-19-7-5-17-49(57)33-43-67(71)79-75(59)63)65-41-31-53-30-40-62-66(42-32-54-29-39-61(65)69(53)70(54)62)78(74-47(3)15-10-16-48(74)4)56-37-27-52(28-38-56)60-22-12-24-64-72-58-20-8-6-18-50(58)34-44-68(72)80-76(60)64/h5-44H,1-4H3. The summed E-state index contributed by atoms with van der Waals surface area (Å²) < 4.78 is 13.4. The minimum absolute atomic E-state index is 0.903. The van der Waals surface area contributed by atoms with Gasteiger partial charge >= 0.3 is 0 Å². The van der Waals surface area contributed by atoms with Crippen molar-refractivity contribution in [2.24, 2.45) is 0 Å². The molecule has 0 amide bonds. The van der Waals surface area contributed by atoms with Gasteiger partial charge in [0.1, 0.15) is 22.3 Å². The molecule has 0 saturated carbocycles. The molecule has 2 heterocycles. The second-order valence-corrected chi connectivity index (χ2v) is 21.7. The number of hydrogen-bond donors (Lipinski definition) is 0. The van der Waals surface area contributed by atoms with Crippen molar-refractivity contribution in [3.8, 4) is 22.3 Å². The summed E-state index contributed by atoms with van der Waals surface area (Å²) in [6.45, 7) is 8.92. The van der Waals surface area contributed by atoms with Crippen LogP contribution in [-0.2, 0) is 0 Å². The summed E-state index contributed by atoms with van der Waals surface area (Å²) in [5.41, 5.74) is 19.6. The van der Waals surface area contributed by atoms with Crippen molar-refractivity contribution in [1.29, 1.82) is 0 Å². The van der Waals surface area contributed by atoms with Crippen molar-refractivity contribution >= 4 is 132 Å². The van der Waals surface area contributed by atoms with Gasteiger partial charge in [0.15, 0.2) is 0 Å². The van der Waals surface area contributed by atoms with E-state index in [1.807, 2.05) is 0 Å².